The zero-order chi connectivity index (χ0) is 20.1. The van der Waals surface area contributed by atoms with Gasteiger partial charge in [0, 0.05) is 32.0 Å². The second-order valence-electron chi connectivity index (χ2n) is 7.93. The molecule has 0 aliphatic carbocycles. The van der Waals surface area contributed by atoms with Crippen LogP contribution in [0.3, 0.4) is 0 Å². The Bertz CT molecular complexity index is 787. The Kier molecular flexibility index (Phi) is 4.58. The van der Waals surface area contributed by atoms with E-state index in [9.17, 15) is 14.4 Å². The first kappa shape index (κ1) is 19.1. The molecule has 0 saturated carbocycles. The van der Waals surface area contributed by atoms with Crippen molar-refractivity contribution in [3.63, 3.8) is 0 Å². The zero-order valence-electron chi connectivity index (χ0n) is 16.4. The molecule has 8 heteroatoms. The van der Waals surface area contributed by atoms with E-state index in [-0.39, 0.29) is 31.8 Å². The van der Waals surface area contributed by atoms with E-state index < -0.39 is 29.1 Å². The van der Waals surface area contributed by atoms with Gasteiger partial charge in [-0.3, -0.25) is 9.69 Å². The summed E-state index contributed by atoms with van der Waals surface area (Å²) in [5.74, 6) is -1.42. The van der Waals surface area contributed by atoms with Crippen LogP contribution in [0, 0.1) is 0 Å². The van der Waals surface area contributed by atoms with Crippen LogP contribution < -0.4 is 0 Å². The second-order valence-corrected chi connectivity index (χ2v) is 7.93. The fourth-order valence-corrected chi connectivity index (χ4v) is 4.46. The van der Waals surface area contributed by atoms with Crippen molar-refractivity contribution < 1.29 is 33.3 Å². The Morgan fingerprint density at radius 2 is 2.21 bits per heavy atom. The molecule has 4 aliphatic rings. The molecule has 152 valence electrons. The molecule has 4 aliphatic heterocycles. The normalized spacial score (nSPS) is 39.1. The van der Waals surface area contributed by atoms with Crippen LogP contribution in [0.5, 0.6) is 0 Å². The minimum atomic E-state index is -1.29. The largest absolute Gasteiger partial charge is 0.463 e. The minimum absolute atomic E-state index is 0.0481. The van der Waals surface area contributed by atoms with Gasteiger partial charge in [-0.25, -0.2) is 9.59 Å². The van der Waals surface area contributed by atoms with E-state index in [1.54, 1.807) is 19.9 Å². The highest BCUT2D eigenvalue weighted by Gasteiger charge is 2.73. The molecular weight excluding hydrogens is 366 g/mol. The molecule has 0 aromatic carbocycles. The highest BCUT2D eigenvalue weighted by Crippen LogP contribution is 2.53. The quantitative estimate of drug-likeness (QED) is 0.225. The molecule has 28 heavy (non-hydrogen) atoms. The number of ether oxygens (including phenoxy) is 4. The molecular formula is C20H25NO7. The summed E-state index contributed by atoms with van der Waals surface area (Å²) in [4.78, 5) is 39.2. The van der Waals surface area contributed by atoms with Gasteiger partial charge >= 0.3 is 17.9 Å². The average Bonchev–Trinajstić information content (AvgIpc) is 2.96. The first-order valence-electron chi connectivity index (χ1n) is 9.59. The summed E-state index contributed by atoms with van der Waals surface area (Å²) in [6.07, 6.45) is 4.26. The number of fused-ring (bicyclic) bond motifs is 1. The van der Waals surface area contributed by atoms with Crippen LogP contribution in [0.4, 0.5) is 0 Å². The summed E-state index contributed by atoms with van der Waals surface area (Å²) in [6.45, 7) is 6.21. The fourth-order valence-electron chi connectivity index (χ4n) is 4.46. The number of allylic oxidation sites excluding steroid dienone is 1. The van der Waals surface area contributed by atoms with Gasteiger partial charge < -0.3 is 18.9 Å². The Hall–Kier alpha value is -2.19. The topological polar surface area (TPSA) is 94.7 Å². The molecule has 4 heterocycles. The van der Waals surface area contributed by atoms with Crippen molar-refractivity contribution in [1.82, 2.24) is 4.90 Å². The lowest BCUT2D eigenvalue weighted by molar-refractivity contribution is -0.150. The summed E-state index contributed by atoms with van der Waals surface area (Å²) < 4.78 is 22.3. The van der Waals surface area contributed by atoms with Crippen LogP contribution >= 0.6 is 0 Å². The lowest BCUT2D eigenvalue weighted by Crippen LogP contribution is -2.41. The third kappa shape index (κ3) is 2.95. The SMILES string of the molecule is C/C=C1/CC2(COC(C)=O)OC2(C)C(=O)OCC2=CCN3CC[C@H](OC1=O)[C@H]23. The maximum absolute atomic E-state index is 12.9. The van der Waals surface area contributed by atoms with Crippen LogP contribution in [-0.4, -0.2) is 72.5 Å². The average molecular weight is 391 g/mol. The number of carbonyl (C=O) groups is 3. The predicted octanol–water partition coefficient (Wildman–Crippen LogP) is 0.896. The molecule has 0 amide bonds. The summed E-state index contributed by atoms with van der Waals surface area (Å²) >= 11 is 0. The molecule has 0 bridgehead atoms. The van der Waals surface area contributed by atoms with E-state index in [1.165, 1.54) is 6.92 Å². The summed E-state index contributed by atoms with van der Waals surface area (Å²) in [6, 6.07) is -0.0481. The number of esters is 3. The third-order valence-electron chi connectivity index (χ3n) is 6.25. The van der Waals surface area contributed by atoms with E-state index >= 15 is 0 Å². The maximum atomic E-state index is 12.9. The summed E-state index contributed by atoms with van der Waals surface area (Å²) in [7, 11) is 0. The van der Waals surface area contributed by atoms with Crippen molar-refractivity contribution in [3.05, 3.63) is 23.3 Å². The molecule has 8 nitrogen and oxygen atoms in total. The van der Waals surface area contributed by atoms with Crippen molar-refractivity contribution >= 4 is 17.9 Å². The van der Waals surface area contributed by atoms with Crippen molar-refractivity contribution in [2.24, 2.45) is 0 Å². The number of nitrogens with zero attached hydrogens (tertiary/aromatic N) is 1. The van der Waals surface area contributed by atoms with Gasteiger partial charge in [0.15, 0.2) is 5.60 Å². The van der Waals surface area contributed by atoms with E-state index in [1.807, 2.05) is 6.08 Å². The van der Waals surface area contributed by atoms with E-state index in [0.29, 0.717) is 5.57 Å². The van der Waals surface area contributed by atoms with Crippen LogP contribution in [0.15, 0.2) is 23.3 Å². The third-order valence-corrected chi connectivity index (χ3v) is 6.25. The number of carbonyl (C=O) groups excluding carboxylic acids is 3. The summed E-state index contributed by atoms with van der Waals surface area (Å²) in [5, 5.41) is 0. The van der Waals surface area contributed by atoms with Gasteiger partial charge in [0.25, 0.3) is 0 Å². The van der Waals surface area contributed by atoms with Gasteiger partial charge in [0.1, 0.15) is 24.9 Å². The van der Waals surface area contributed by atoms with Gasteiger partial charge in [-0.1, -0.05) is 12.2 Å². The highest BCUT2D eigenvalue weighted by atomic mass is 16.7. The van der Waals surface area contributed by atoms with Gasteiger partial charge in [-0.2, -0.15) is 0 Å². The van der Waals surface area contributed by atoms with E-state index in [2.05, 4.69) is 4.90 Å². The maximum Gasteiger partial charge on any atom is 0.341 e. The van der Waals surface area contributed by atoms with Crippen LogP contribution in [-0.2, 0) is 33.3 Å². The molecule has 0 spiro atoms. The Morgan fingerprint density at radius 3 is 2.93 bits per heavy atom. The van der Waals surface area contributed by atoms with Gasteiger partial charge in [0.2, 0.25) is 0 Å². The molecule has 0 aromatic heterocycles. The summed E-state index contributed by atoms with van der Waals surface area (Å²) in [5.41, 5.74) is -1.09. The predicted molar refractivity (Wildman–Crippen MR) is 96.1 cm³/mol. The number of epoxide rings is 1. The molecule has 0 radical (unpaired) electrons. The molecule has 3 fully saturated rings. The Morgan fingerprint density at radius 1 is 1.43 bits per heavy atom. The second kappa shape index (κ2) is 6.70. The first-order chi connectivity index (χ1) is 13.3. The molecule has 2 unspecified atom stereocenters. The monoisotopic (exact) mass is 391 g/mol. The number of cyclic esters (lactones) is 1. The van der Waals surface area contributed by atoms with Gasteiger partial charge in [0.05, 0.1) is 6.04 Å². The highest BCUT2D eigenvalue weighted by molar-refractivity contribution is 5.90. The van der Waals surface area contributed by atoms with Gasteiger partial charge in [-0.05, 0) is 25.8 Å². The van der Waals surface area contributed by atoms with E-state index in [4.69, 9.17) is 18.9 Å². The fraction of sp³-hybridized carbons (Fsp3) is 0.650. The van der Waals surface area contributed by atoms with Crippen molar-refractivity contribution in [3.8, 4) is 0 Å². The van der Waals surface area contributed by atoms with Crippen molar-refractivity contribution in [2.75, 3.05) is 26.3 Å². The van der Waals surface area contributed by atoms with Crippen LogP contribution in [0.1, 0.15) is 33.6 Å². The van der Waals surface area contributed by atoms with E-state index in [0.717, 1.165) is 25.1 Å². The molecule has 0 N–H and O–H groups in total. The Labute approximate surface area is 163 Å². The van der Waals surface area contributed by atoms with Crippen molar-refractivity contribution in [1.29, 1.82) is 0 Å². The molecule has 4 rings (SSSR count). The molecule has 4 atom stereocenters. The first-order valence-corrected chi connectivity index (χ1v) is 9.59. The number of hydrogen-bond donors (Lipinski definition) is 0. The molecule has 3 saturated heterocycles. The van der Waals surface area contributed by atoms with Crippen LogP contribution in [0.2, 0.25) is 0 Å². The number of rotatable bonds is 2. The smallest absolute Gasteiger partial charge is 0.341 e. The minimum Gasteiger partial charge on any atom is -0.463 e. The van der Waals surface area contributed by atoms with Crippen LogP contribution in [0.25, 0.3) is 0 Å². The Balaban J connectivity index is 1.64. The zero-order valence-corrected chi connectivity index (χ0v) is 16.4. The lowest BCUT2D eigenvalue weighted by atomic mass is 9.88. The van der Waals surface area contributed by atoms with Crippen molar-refractivity contribution in [2.45, 2.75) is 57.0 Å². The lowest BCUT2D eigenvalue weighted by Gasteiger charge is -2.26. The van der Waals surface area contributed by atoms with Gasteiger partial charge in [-0.15, -0.1) is 0 Å². The molecule has 0 aromatic rings. The number of hydrogen-bond acceptors (Lipinski definition) is 8. The standard InChI is InChI=1S/C20H25NO7/c1-4-13-9-20(11-26-12(2)22)19(3,28-20)18(24)25-10-14-5-7-21-8-6-15(16(14)21)27-17(13)23/h4-5,15-16H,6-11H2,1-3H3/b13-4-/t15-,16-,19?,20?/m0/s1.